The number of hydrogen-bond acceptors (Lipinski definition) is 4. The van der Waals surface area contributed by atoms with Gasteiger partial charge in [-0.3, -0.25) is 19.3 Å². The van der Waals surface area contributed by atoms with Crippen LogP contribution in [0.3, 0.4) is 0 Å². The molecular weight excluding hydrogens is 360 g/mol. The van der Waals surface area contributed by atoms with E-state index in [-0.39, 0.29) is 37.1 Å². The zero-order valence-corrected chi connectivity index (χ0v) is 15.6. The molecule has 138 valence electrons. The van der Waals surface area contributed by atoms with Gasteiger partial charge in [-0.1, -0.05) is 30.3 Å². The van der Waals surface area contributed by atoms with E-state index in [1.165, 1.54) is 4.90 Å². The lowest BCUT2D eigenvalue weighted by Crippen LogP contribution is -2.28. The predicted molar refractivity (Wildman–Crippen MR) is 107 cm³/mol. The summed E-state index contributed by atoms with van der Waals surface area (Å²) >= 11 is 1.60. The van der Waals surface area contributed by atoms with Crippen LogP contribution in [0.5, 0.6) is 0 Å². The maximum atomic E-state index is 12.5. The molecule has 3 rings (SSSR count). The van der Waals surface area contributed by atoms with Gasteiger partial charge in [0.15, 0.2) is 0 Å². The quantitative estimate of drug-likeness (QED) is 0.450. The number of carbonyl (C=O) groups is 3. The topological polar surface area (TPSA) is 66.5 Å². The Morgan fingerprint density at radius 2 is 1.74 bits per heavy atom. The highest BCUT2D eigenvalue weighted by Crippen LogP contribution is 2.27. The number of para-hydroxylation sites is 1. The molecular formula is C21H20N2O3S. The summed E-state index contributed by atoms with van der Waals surface area (Å²) < 4.78 is 0. The van der Waals surface area contributed by atoms with Crippen LogP contribution >= 0.6 is 11.8 Å². The minimum absolute atomic E-state index is 0.143. The van der Waals surface area contributed by atoms with Crippen LogP contribution in [-0.4, -0.2) is 28.4 Å². The van der Waals surface area contributed by atoms with Crippen LogP contribution < -0.4 is 5.32 Å². The van der Waals surface area contributed by atoms with Crippen molar-refractivity contribution in [3.63, 3.8) is 0 Å². The Kier molecular flexibility index (Phi) is 6.08. The summed E-state index contributed by atoms with van der Waals surface area (Å²) in [5.74, 6) is 0.266. The molecule has 1 fully saturated rings. The van der Waals surface area contributed by atoms with E-state index in [0.29, 0.717) is 5.56 Å². The minimum Gasteiger partial charge on any atom is -0.321 e. The van der Waals surface area contributed by atoms with Crippen LogP contribution in [-0.2, 0) is 16.1 Å². The van der Waals surface area contributed by atoms with Crippen molar-refractivity contribution in [2.45, 2.75) is 24.3 Å². The second kappa shape index (κ2) is 8.68. The van der Waals surface area contributed by atoms with Crippen LogP contribution in [0, 0.1) is 0 Å². The smallest absolute Gasteiger partial charge is 0.255 e. The summed E-state index contributed by atoms with van der Waals surface area (Å²) in [7, 11) is 0. The van der Waals surface area contributed by atoms with Crippen LogP contribution in [0.4, 0.5) is 5.69 Å². The Labute approximate surface area is 162 Å². The highest BCUT2D eigenvalue weighted by molar-refractivity contribution is 7.99. The van der Waals surface area contributed by atoms with Crippen molar-refractivity contribution in [1.29, 1.82) is 0 Å². The van der Waals surface area contributed by atoms with Crippen molar-refractivity contribution >= 4 is 35.2 Å². The number of thioether (sulfide) groups is 1. The molecule has 0 unspecified atom stereocenters. The van der Waals surface area contributed by atoms with Gasteiger partial charge in [-0.05, 0) is 29.8 Å². The van der Waals surface area contributed by atoms with E-state index in [2.05, 4.69) is 11.9 Å². The Morgan fingerprint density at radius 1 is 1.07 bits per heavy atom. The van der Waals surface area contributed by atoms with Crippen molar-refractivity contribution in [1.82, 2.24) is 4.90 Å². The van der Waals surface area contributed by atoms with Crippen LogP contribution in [0.15, 0.2) is 66.1 Å². The summed E-state index contributed by atoms with van der Waals surface area (Å²) in [6.45, 7) is 3.96. The van der Waals surface area contributed by atoms with Gasteiger partial charge in [0.05, 0.1) is 12.2 Å². The molecule has 2 aromatic carbocycles. The van der Waals surface area contributed by atoms with Crippen LogP contribution in [0.2, 0.25) is 0 Å². The molecule has 27 heavy (non-hydrogen) atoms. The number of likely N-dealkylation sites (tertiary alicyclic amines) is 1. The zero-order valence-electron chi connectivity index (χ0n) is 14.8. The molecule has 0 bridgehead atoms. The third kappa shape index (κ3) is 4.65. The molecule has 6 heteroatoms. The van der Waals surface area contributed by atoms with Gasteiger partial charge >= 0.3 is 0 Å². The number of nitrogens with zero attached hydrogens (tertiary/aromatic N) is 1. The Bertz CT molecular complexity index is 861. The molecule has 1 saturated heterocycles. The Balaban J connectivity index is 1.67. The van der Waals surface area contributed by atoms with Gasteiger partial charge in [0, 0.05) is 29.1 Å². The van der Waals surface area contributed by atoms with Crippen LogP contribution in [0.1, 0.15) is 28.8 Å². The number of benzene rings is 2. The number of carbonyl (C=O) groups excluding carboxylic acids is 3. The van der Waals surface area contributed by atoms with Gasteiger partial charge in [0.1, 0.15) is 0 Å². The monoisotopic (exact) mass is 380 g/mol. The van der Waals surface area contributed by atoms with Gasteiger partial charge in [-0.2, -0.15) is 0 Å². The number of amides is 3. The van der Waals surface area contributed by atoms with Crippen LogP contribution in [0.25, 0.3) is 0 Å². The number of imide groups is 1. The molecule has 1 N–H and O–H groups in total. The second-order valence-corrected chi connectivity index (χ2v) is 7.18. The van der Waals surface area contributed by atoms with Crippen molar-refractivity contribution in [3.8, 4) is 0 Å². The predicted octanol–water partition coefficient (Wildman–Crippen LogP) is 3.87. The summed E-state index contributed by atoms with van der Waals surface area (Å²) in [6, 6.07) is 14.6. The standard InChI is InChI=1S/C21H20N2O3S/c1-2-13-27-18-6-4-3-5-17(18)22-21(26)16-9-7-15(8-10-16)14-23-19(24)11-12-20(23)25/h2-10H,1,11-14H2,(H,22,26). The second-order valence-electron chi connectivity index (χ2n) is 6.12. The maximum Gasteiger partial charge on any atom is 0.255 e. The van der Waals surface area contributed by atoms with Gasteiger partial charge in [0.25, 0.3) is 5.91 Å². The van der Waals surface area contributed by atoms with E-state index in [4.69, 9.17) is 0 Å². The molecule has 0 saturated carbocycles. The van der Waals surface area contributed by atoms with E-state index < -0.39 is 0 Å². The molecule has 0 atom stereocenters. The summed E-state index contributed by atoms with van der Waals surface area (Å²) in [5, 5.41) is 2.93. The van der Waals surface area contributed by atoms with Gasteiger partial charge < -0.3 is 5.32 Å². The van der Waals surface area contributed by atoms with Gasteiger partial charge in [-0.25, -0.2) is 0 Å². The largest absolute Gasteiger partial charge is 0.321 e. The average molecular weight is 380 g/mol. The molecule has 1 aliphatic heterocycles. The van der Waals surface area contributed by atoms with Crippen molar-refractivity contribution in [3.05, 3.63) is 72.3 Å². The van der Waals surface area contributed by atoms with E-state index in [9.17, 15) is 14.4 Å². The van der Waals surface area contributed by atoms with E-state index in [1.54, 1.807) is 36.0 Å². The highest BCUT2D eigenvalue weighted by Gasteiger charge is 2.28. The first-order valence-corrected chi connectivity index (χ1v) is 9.63. The van der Waals surface area contributed by atoms with Crippen molar-refractivity contribution < 1.29 is 14.4 Å². The first-order valence-electron chi connectivity index (χ1n) is 8.64. The van der Waals surface area contributed by atoms with E-state index >= 15 is 0 Å². The average Bonchev–Trinajstić information content (AvgIpc) is 3.00. The first-order chi connectivity index (χ1) is 13.1. The normalized spacial score (nSPS) is 13.7. The Morgan fingerprint density at radius 3 is 2.41 bits per heavy atom. The number of nitrogens with one attached hydrogen (secondary N) is 1. The number of rotatable bonds is 7. The SMILES string of the molecule is C=CCSc1ccccc1NC(=O)c1ccc(CN2C(=O)CCC2=O)cc1. The van der Waals surface area contributed by atoms with Crippen molar-refractivity contribution in [2.24, 2.45) is 0 Å². The minimum atomic E-state index is -0.207. The lowest BCUT2D eigenvalue weighted by molar-refractivity contribution is -0.139. The van der Waals surface area contributed by atoms with E-state index in [1.807, 2.05) is 30.3 Å². The van der Waals surface area contributed by atoms with E-state index in [0.717, 1.165) is 21.9 Å². The summed E-state index contributed by atoms with van der Waals surface area (Å²) in [5.41, 5.74) is 2.09. The molecule has 1 heterocycles. The number of hydrogen-bond donors (Lipinski definition) is 1. The third-order valence-corrected chi connectivity index (χ3v) is 5.27. The molecule has 1 aliphatic rings. The molecule has 0 spiro atoms. The Hall–Kier alpha value is -2.86. The number of anilines is 1. The molecule has 5 nitrogen and oxygen atoms in total. The molecule has 0 aromatic heterocycles. The molecule has 2 aromatic rings. The molecule has 3 amide bonds. The van der Waals surface area contributed by atoms with Gasteiger partial charge in [0.2, 0.25) is 11.8 Å². The fourth-order valence-corrected chi connectivity index (χ4v) is 3.53. The highest BCUT2D eigenvalue weighted by atomic mass is 32.2. The van der Waals surface area contributed by atoms with Gasteiger partial charge in [-0.15, -0.1) is 18.3 Å². The first kappa shape index (κ1) is 18.9. The summed E-state index contributed by atoms with van der Waals surface area (Å²) in [4.78, 5) is 38.2. The molecule has 0 aliphatic carbocycles. The zero-order chi connectivity index (χ0) is 19.2. The van der Waals surface area contributed by atoms with Crippen molar-refractivity contribution in [2.75, 3.05) is 11.1 Å². The fraction of sp³-hybridized carbons (Fsp3) is 0.190. The fourth-order valence-electron chi connectivity index (χ4n) is 2.78. The lowest BCUT2D eigenvalue weighted by Gasteiger charge is -2.14. The summed E-state index contributed by atoms with van der Waals surface area (Å²) in [6.07, 6.45) is 2.38. The lowest BCUT2D eigenvalue weighted by atomic mass is 10.1. The third-order valence-electron chi connectivity index (χ3n) is 4.20. The molecule has 0 radical (unpaired) electrons. The maximum absolute atomic E-state index is 12.5.